The molecule has 1 aromatic carbocycles. The summed E-state index contributed by atoms with van der Waals surface area (Å²) in [6.45, 7) is 1.20. The van der Waals surface area contributed by atoms with Crippen LogP contribution < -0.4 is 10.2 Å². The topological polar surface area (TPSA) is 104 Å². The minimum absolute atomic E-state index is 0.0458. The minimum atomic E-state index is -1.22. The van der Waals surface area contributed by atoms with Crippen molar-refractivity contribution in [3.05, 3.63) is 30.1 Å². The van der Waals surface area contributed by atoms with Gasteiger partial charge < -0.3 is 10.4 Å². The zero-order valence-corrected chi connectivity index (χ0v) is 13.5. The highest BCUT2D eigenvalue weighted by Gasteiger charge is 2.40. The number of hydrogen-bond donors (Lipinski definition) is 2. The molecule has 3 amide bonds. The Bertz CT molecular complexity index is 679. The number of aliphatic carboxylic acids is 1. The van der Waals surface area contributed by atoms with E-state index in [1.54, 1.807) is 0 Å². The van der Waals surface area contributed by atoms with E-state index >= 15 is 0 Å². The predicted molar refractivity (Wildman–Crippen MR) is 85.0 cm³/mol. The van der Waals surface area contributed by atoms with Crippen molar-refractivity contribution in [1.29, 1.82) is 0 Å². The summed E-state index contributed by atoms with van der Waals surface area (Å²) in [5, 5.41) is 10.6. The van der Waals surface area contributed by atoms with Crippen LogP contribution in [0.4, 0.5) is 10.1 Å². The summed E-state index contributed by atoms with van der Waals surface area (Å²) in [5.74, 6) is -3.16. The first-order valence-electron chi connectivity index (χ1n) is 7.03. The van der Waals surface area contributed by atoms with Gasteiger partial charge in [-0.3, -0.25) is 14.4 Å². The van der Waals surface area contributed by atoms with E-state index in [-0.39, 0.29) is 17.9 Å². The number of nitrogens with zero attached hydrogens (tertiary/aromatic N) is 1. The molecule has 0 saturated carbocycles. The maximum absolute atomic E-state index is 13.0. The molecule has 1 aliphatic heterocycles. The third-order valence-corrected chi connectivity index (χ3v) is 4.63. The van der Waals surface area contributed by atoms with E-state index < -0.39 is 40.8 Å². The lowest BCUT2D eigenvalue weighted by Crippen LogP contribution is -2.42. The van der Waals surface area contributed by atoms with Crippen LogP contribution in [-0.4, -0.2) is 45.8 Å². The number of benzene rings is 1. The van der Waals surface area contributed by atoms with E-state index in [0.717, 1.165) is 28.8 Å². The smallest absolute Gasteiger partial charge is 0.327 e. The molecule has 1 aromatic rings. The van der Waals surface area contributed by atoms with Gasteiger partial charge in [-0.1, -0.05) is 0 Å². The van der Waals surface area contributed by atoms with Gasteiger partial charge in [-0.25, -0.2) is 14.1 Å². The largest absolute Gasteiger partial charge is 0.480 e. The van der Waals surface area contributed by atoms with Crippen LogP contribution in [-0.2, 0) is 19.2 Å². The first-order valence-corrected chi connectivity index (χ1v) is 8.08. The molecule has 24 heavy (non-hydrogen) atoms. The molecular formula is C15H15FN2O5S. The van der Waals surface area contributed by atoms with Crippen LogP contribution in [0.3, 0.4) is 0 Å². The van der Waals surface area contributed by atoms with E-state index in [2.05, 4.69) is 5.32 Å². The van der Waals surface area contributed by atoms with Crippen LogP contribution in [0.1, 0.15) is 13.3 Å². The third-order valence-electron chi connectivity index (χ3n) is 3.33. The Hall–Kier alpha value is -2.42. The zero-order valence-electron chi connectivity index (χ0n) is 12.7. The first-order chi connectivity index (χ1) is 11.3. The van der Waals surface area contributed by atoms with E-state index in [1.807, 2.05) is 0 Å². The monoisotopic (exact) mass is 354 g/mol. The van der Waals surface area contributed by atoms with Crippen molar-refractivity contribution in [2.45, 2.75) is 24.6 Å². The highest BCUT2D eigenvalue weighted by atomic mass is 32.2. The zero-order chi connectivity index (χ0) is 17.9. The number of amides is 3. The fraction of sp³-hybridized carbons (Fsp3) is 0.333. The third kappa shape index (κ3) is 4.10. The van der Waals surface area contributed by atoms with Crippen LogP contribution in [0.5, 0.6) is 0 Å². The Kier molecular flexibility index (Phi) is 5.55. The van der Waals surface area contributed by atoms with Crippen molar-refractivity contribution in [3.63, 3.8) is 0 Å². The lowest BCUT2D eigenvalue weighted by Gasteiger charge is -2.16. The highest BCUT2D eigenvalue weighted by molar-refractivity contribution is 8.00. The Morgan fingerprint density at radius 2 is 2.00 bits per heavy atom. The van der Waals surface area contributed by atoms with Crippen molar-refractivity contribution >= 4 is 41.1 Å². The molecule has 128 valence electrons. The number of halogens is 1. The molecule has 2 atom stereocenters. The maximum atomic E-state index is 13.0. The molecule has 2 N–H and O–H groups in total. The molecular weight excluding hydrogens is 339 g/mol. The molecule has 9 heteroatoms. The number of carboxylic acids is 1. The first kappa shape index (κ1) is 17.9. The molecule has 0 radical (unpaired) electrons. The van der Waals surface area contributed by atoms with Gasteiger partial charge in [0.25, 0.3) is 0 Å². The summed E-state index contributed by atoms with van der Waals surface area (Å²) in [4.78, 5) is 47.4. The normalized spacial score (nSPS) is 18.6. The number of imide groups is 1. The maximum Gasteiger partial charge on any atom is 0.327 e. The Balaban J connectivity index is 2.04. The van der Waals surface area contributed by atoms with Gasteiger partial charge in [0, 0.05) is 19.1 Å². The predicted octanol–water partition coefficient (Wildman–Crippen LogP) is 0.780. The van der Waals surface area contributed by atoms with Crippen molar-refractivity contribution in [1.82, 2.24) is 5.32 Å². The second-order valence-corrected chi connectivity index (χ2v) is 6.40. The molecule has 1 heterocycles. The van der Waals surface area contributed by atoms with Gasteiger partial charge in [0.1, 0.15) is 11.9 Å². The van der Waals surface area contributed by atoms with E-state index in [0.29, 0.717) is 0 Å². The molecule has 1 saturated heterocycles. The fourth-order valence-corrected chi connectivity index (χ4v) is 3.39. The van der Waals surface area contributed by atoms with Gasteiger partial charge >= 0.3 is 5.97 Å². The summed E-state index contributed by atoms with van der Waals surface area (Å²) in [5.41, 5.74) is 0.270. The molecule has 0 spiro atoms. The molecule has 1 aliphatic rings. The quantitative estimate of drug-likeness (QED) is 0.732. The fourth-order valence-electron chi connectivity index (χ4n) is 2.23. The molecule has 0 unspecified atom stereocenters. The van der Waals surface area contributed by atoms with Crippen LogP contribution in [0.15, 0.2) is 24.3 Å². The van der Waals surface area contributed by atoms with Crippen molar-refractivity contribution < 1.29 is 28.7 Å². The second kappa shape index (κ2) is 7.43. The summed E-state index contributed by atoms with van der Waals surface area (Å²) in [6, 6.07) is 3.81. The van der Waals surface area contributed by atoms with E-state index in [1.165, 1.54) is 19.1 Å². The van der Waals surface area contributed by atoms with Crippen LogP contribution in [0, 0.1) is 5.82 Å². The van der Waals surface area contributed by atoms with E-state index in [9.17, 15) is 23.6 Å². The van der Waals surface area contributed by atoms with Crippen molar-refractivity contribution in [2.24, 2.45) is 0 Å². The van der Waals surface area contributed by atoms with Gasteiger partial charge in [0.2, 0.25) is 17.7 Å². The summed E-state index contributed by atoms with van der Waals surface area (Å²) in [6.07, 6.45) is -0.0761. The second-order valence-electron chi connectivity index (χ2n) is 5.16. The highest BCUT2D eigenvalue weighted by Crippen LogP contribution is 2.30. The Morgan fingerprint density at radius 1 is 1.38 bits per heavy atom. The molecule has 7 nitrogen and oxygen atoms in total. The van der Waals surface area contributed by atoms with Gasteiger partial charge in [-0.15, -0.1) is 11.8 Å². The Morgan fingerprint density at radius 3 is 2.54 bits per heavy atom. The number of nitrogens with one attached hydrogen (secondary N) is 1. The lowest BCUT2D eigenvalue weighted by molar-refractivity contribution is -0.140. The summed E-state index contributed by atoms with van der Waals surface area (Å²) >= 11 is 0.994. The van der Waals surface area contributed by atoms with Gasteiger partial charge in [-0.2, -0.15) is 0 Å². The van der Waals surface area contributed by atoms with Crippen LogP contribution >= 0.6 is 11.8 Å². The van der Waals surface area contributed by atoms with Crippen LogP contribution in [0.25, 0.3) is 0 Å². The standard InChI is InChI=1S/C15H15FN2O5S/c1-8(19)17-11(15(22)23)7-24-12-6-13(20)18(14(12)21)10-4-2-9(16)3-5-10/h2-5,11-12H,6-7H2,1H3,(H,17,19)(H,22,23)/t11-,12+/m0/s1. The summed E-state index contributed by atoms with van der Waals surface area (Å²) in [7, 11) is 0. The number of carboxylic acid groups (broad SMARTS) is 1. The minimum Gasteiger partial charge on any atom is -0.480 e. The molecule has 0 aliphatic carbocycles. The number of carbonyl (C=O) groups excluding carboxylic acids is 3. The number of hydrogen-bond acceptors (Lipinski definition) is 5. The van der Waals surface area contributed by atoms with Gasteiger partial charge in [0.15, 0.2) is 0 Å². The number of anilines is 1. The molecule has 1 fully saturated rings. The van der Waals surface area contributed by atoms with Gasteiger partial charge in [0.05, 0.1) is 10.9 Å². The molecule has 0 aromatic heterocycles. The average molecular weight is 354 g/mol. The number of rotatable bonds is 6. The van der Waals surface area contributed by atoms with Crippen molar-refractivity contribution in [2.75, 3.05) is 10.7 Å². The SMILES string of the molecule is CC(=O)N[C@@H](CS[C@@H]1CC(=O)N(c2ccc(F)cc2)C1=O)C(=O)O. The van der Waals surface area contributed by atoms with Gasteiger partial charge in [-0.05, 0) is 24.3 Å². The van der Waals surface area contributed by atoms with Crippen molar-refractivity contribution in [3.8, 4) is 0 Å². The lowest BCUT2D eigenvalue weighted by atomic mass is 10.3. The Labute approximate surface area is 141 Å². The number of thioether (sulfide) groups is 1. The van der Waals surface area contributed by atoms with Crippen LogP contribution in [0.2, 0.25) is 0 Å². The number of carbonyl (C=O) groups is 4. The molecule has 0 bridgehead atoms. The average Bonchev–Trinajstić information content (AvgIpc) is 2.78. The van der Waals surface area contributed by atoms with E-state index in [4.69, 9.17) is 5.11 Å². The summed E-state index contributed by atoms with van der Waals surface area (Å²) < 4.78 is 13.0. The molecule has 2 rings (SSSR count).